The molecule has 0 aliphatic rings. The Kier molecular flexibility index (Phi) is 7.67. The highest BCUT2D eigenvalue weighted by Crippen LogP contribution is 2.10. The third kappa shape index (κ3) is 7.42. The number of carbonyl (C=O) groups is 2. The van der Waals surface area contributed by atoms with Crippen LogP contribution in [-0.4, -0.2) is 30.7 Å². The van der Waals surface area contributed by atoms with E-state index in [9.17, 15) is 9.59 Å². The van der Waals surface area contributed by atoms with E-state index in [-0.39, 0.29) is 24.8 Å². The average Bonchev–Trinajstić information content (AvgIpc) is 2.50. The Labute approximate surface area is 130 Å². The summed E-state index contributed by atoms with van der Waals surface area (Å²) < 4.78 is 5.33. The highest BCUT2D eigenvalue weighted by Gasteiger charge is 2.05. The predicted molar refractivity (Wildman–Crippen MR) is 85.8 cm³/mol. The van der Waals surface area contributed by atoms with Crippen molar-refractivity contribution in [2.24, 2.45) is 5.10 Å². The Balaban J connectivity index is 2.30. The first-order valence-electron chi connectivity index (χ1n) is 7.29. The Hall–Kier alpha value is -2.37. The Morgan fingerprint density at radius 3 is 2.50 bits per heavy atom. The molecule has 6 nitrogen and oxygen atoms in total. The molecule has 0 radical (unpaired) electrons. The SMILES string of the molecule is CCCNC(=O)CC(C)=NNC(=O)COc1ccc(C)cc1. The third-order valence-electron chi connectivity index (χ3n) is 2.75. The largest absolute Gasteiger partial charge is 0.484 e. The van der Waals surface area contributed by atoms with Gasteiger partial charge in [0.2, 0.25) is 5.91 Å². The second-order valence-electron chi connectivity index (χ2n) is 5.01. The number of ether oxygens (including phenoxy) is 1. The smallest absolute Gasteiger partial charge is 0.277 e. The number of amides is 2. The van der Waals surface area contributed by atoms with Gasteiger partial charge >= 0.3 is 0 Å². The second-order valence-corrected chi connectivity index (χ2v) is 5.01. The number of hydrogen-bond acceptors (Lipinski definition) is 4. The number of aryl methyl sites for hydroxylation is 1. The van der Waals surface area contributed by atoms with E-state index >= 15 is 0 Å². The first-order chi connectivity index (χ1) is 10.5. The monoisotopic (exact) mass is 305 g/mol. The lowest BCUT2D eigenvalue weighted by atomic mass is 10.2. The van der Waals surface area contributed by atoms with Gasteiger partial charge in [-0.05, 0) is 32.4 Å². The summed E-state index contributed by atoms with van der Waals surface area (Å²) in [5, 5.41) is 6.62. The topological polar surface area (TPSA) is 79.8 Å². The molecule has 0 saturated carbocycles. The number of carbonyl (C=O) groups excluding carboxylic acids is 2. The molecule has 1 aromatic rings. The summed E-state index contributed by atoms with van der Waals surface area (Å²) in [6, 6.07) is 7.42. The maximum absolute atomic E-state index is 11.6. The van der Waals surface area contributed by atoms with Gasteiger partial charge in [0.1, 0.15) is 5.75 Å². The fraction of sp³-hybridized carbons (Fsp3) is 0.438. The van der Waals surface area contributed by atoms with Crippen LogP contribution >= 0.6 is 0 Å². The summed E-state index contributed by atoms with van der Waals surface area (Å²) in [6.45, 7) is 6.16. The van der Waals surface area contributed by atoms with Gasteiger partial charge < -0.3 is 10.1 Å². The highest BCUT2D eigenvalue weighted by atomic mass is 16.5. The molecule has 0 aromatic heterocycles. The van der Waals surface area contributed by atoms with Gasteiger partial charge in [-0.3, -0.25) is 9.59 Å². The van der Waals surface area contributed by atoms with Crippen LogP contribution in [0.1, 0.15) is 32.3 Å². The summed E-state index contributed by atoms with van der Waals surface area (Å²) in [4.78, 5) is 23.1. The summed E-state index contributed by atoms with van der Waals surface area (Å²) in [5.74, 6) is 0.155. The minimum atomic E-state index is -0.367. The molecule has 1 rings (SSSR count). The van der Waals surface area contributed by atoms with Crippen molar-refractivity contribution in [3.05, 3.63) is 29.8 Å². The van der Waals surface area contributed by atoms with Gasteiger partial charge in [0.05, 0.1) is 6.42 Å². The van der Waals surface area contributed by atoms with Gasteiger partial charge in [0, 0.05) is 12.3 Å². The normalized spacial score (nSPS) is 11.0. The molecule has 0 aliphatic heterocycles. The van der Waals surface area contributed by atoms with Gasteiger partial charge in [-0.1, -0.05) is 24.6 Å². The van der Waals surface area contributed by atoms with Crippen LogP contribution in [0.2, 0.25) is 0 Å². The molecular weight excluding hydrogens is 282 g/mol. The molecule has 0 spiro atoms. The molecule has 0 heterocycles. The van der Waals surface area contributed by atoms with Crippen molar-refractivity contribution >= 4 is 17.5 Å². The maximum atomic E-state index is 11.6. The van der Waals surface area contributed by atoms with Crippen molar-refractivity contribution < 1.29 is 14.3 Å². The van der Waals surface area contributed by atoms with Crippen LogP contribution in [0.15, 0.2) is 29.4 Å². The Morgan fingerprint density at radius 1 is 1.18 bits per heavy atom. The lowest BCUT2D eigenvalue weighted by Gasteiger charge is -2.06. The maximum Gasteiger partial charge on any atom is 0.277 e. The number of hydrogen-bond donors (Lipinski definition) is 2. The minimum absolute atomic E-state index is 0.103. The summed E-state index contributed by atoms with van der Waals surface area (Å²) in [5.41, 5.74) is 4.03. The molecule has 0 saturated heterocycles. The number of nitrogens with one attached hydrogen (secondary N) is 2. The van der Waals surface area contributed by atoms with E-state index in [1.807, 2.05) is 26.0 Å². The number of rotatable bonds is 8. The zero-order valence-corrected chi connectivity index (χ0v) is 13.3. The van der Waals surface area contributed by atoms with Crippen molar-refractivity contribution in [1.29, 1.82) is 0 Å². The van der Waals surface area contributed by atoms with Crippen LogP contribution in [0.25, 0.3) is 0 Å². The van der Waals surface area contributed by atoms with Crippen molar-refractivity contribution in [3.63, 3.8) is 0 Å². The van der Waals surface area contributed by atoms with E-state index in [1.165, 1.54) is 0 Å². The van der Waals surface area contributed by atoms with E-state index in [0.29, 0.717) is 18.0 Å². The van der Waals surface area contributed by atoms with Crippen molar-refractivity contribution in [2.45, 2.75) is 33.6 Å². The number of nitrogens with zero attached hydrogens (tertiary/aromatic N) is 1. The first kappa shape index (κ1) is 17.7. The molecular formula is C16H23N3O3. The molecule has 2 amide bonds. The summed E-state index contributed by atoms with van der Waals surface area (Å²) >= 11 is 0. The van der Waals surface area contributed by atoms with Crippen molar-refractivity contribution in [3.8, 4) is 5.75 Å². The Bertz CT molecular complexity index is 524. The Morgan fingerprint density at radius 2 is 1.86 bits per heavy atom. The summed E-state index contributed by atoms with van der Waals surface area (Å²) in [7, 11) is 0. The number of benzene rings is 1. The van der Waals surface area contributed by atoms with Crippen LogP contribution in [0.4, 0.5) is 0 Å². The van der Waals surface area contributed by atoms with Crippen LogP contribution in [0, 0.1) is 6.92 Å². The average molecular weight is 305 g/mol. The predicted octanol–water partition coefficient (Wildman–Crippen LogP) is 1.78. The molecule has 1 aromatic carbocycles. The molecule has 6 heteroatoms. The van der Waals surface area contributed by atoms with Crippen LogP contribution in [-0.2, 0) is 9.59 Å². The lowest BCUT2D eigenvalue weighted by Crippen LogP contribution is -2.28. The summed E-state index contributed by atoms with van der Waals surface area (Å²) in [6.07, 6.45) is 1.05. The van der Waals surface area contributed by atoms with Crippen LogP contribution in [0.5, 0.6) is 5.75 Å². The van der Waals surface area contributed by atoms with E-state index in [1.54, 1.807) is 19.1 Å². The molecule has 120 valence electrons. The van der Waals surface area contributed by atoms with Crippen LogP contribution < -0.4 is 15.5 Å². The minimum Gasteiger partial charge on any atom is -0.484 e. The first-order valence-corrected chi connectivity index (χ1v) is 7.29. The zero-order valence-electron chi connectivity index (χ0n) is 13.3. The molecule has 0 atom stereocenters. The quantitative estimate of drug-likeness (QED) is 0.567. The van der Waals surface area contributed by atoms with E-state index in [4.69, 9.17) is 4.74 Å². The third-order valence-corrected chi connectivity index (χ3v) is 2.75. The van der Waals surface area contributed by atoms with E-state index in [2.05, 4.69) is 15.8 Å². The van der Waals surface area contributed by atoms with E-state index < -0.39 is 0 Å². The number of hydrazone groups is 1. The van der Waals surface area contributed by atoms with Crippen molar-refractivity contribution in [1.82, 2.24) is 10.7 Å². The van der Waals surface area contributed by atoms with Gasteiger partial charge in [0.25, 0.3) is 5.91 Å². The second kappa shape index (κ2) is 9.55. The van der Waals surface area contributed by atoms with Gasteiger partial charge in [-0.25, -0.2) is 5.43 Å². The van der Waals surface area contributed by atoms with Crippen LogP contribution in [0.3, 0.4) is 0 Å². The van der Waals surface area contributed by atoms with Gasteiger partial charge in [0.15, 0.2) is 6.61 Å². The molecule has 22 heavy (non-hydrogen) atoms. The fourth-order valence-electron chi connectivity index (χ4n) is 1.57. The molecule has 0 aliphatic carbocycles. The zero-order chi connectivity index (χ0) is 16.4. The molecule has 0 unspecified atom stereocenters. The van der Waals surface area contributed by atoms with Gasteiger partial charge in [-0.15, -0.1) is 0 Å². The van der Waals surface area contributed by atoms with Gasteiger partial charge in [-0.2, -0.15) is 5.10 Å². The lowest BCUT2D eigenvalue weighted by molar-refractivity contribution is -0.123. The molecule has 0 bridgehead atoms. The fourth-order valence-corrected chi connectivity index (χ4v) is 1.57. The molecule has 2 N–H and O–H groups in total. The molecule has 0 fully saturated rings. The standard InChI is InChI=1S/C16H23N3O3/c1-4-9-17-15(20)10-13(3)18-19-16(21)11-22-14-7-5-12(2)6-8-14/h5-8H,4,9-11H2,1-3H3,(H,17,20)(H,19,21). The highest BCUT2D eigenvalue weighted by molar-refractivity contribution is 6.00. The van der Waals surface area contributed by atoms with E-state index in [0.717, 1.165) is 12.0 Å². The van der Waals surface area contributed by atoms with Crippen molar-refractivity contribution in [2.75, 3.05) is 13.2 Å².